The molecule has 4 rings (SSSR count). The molecule has 5 heteroatoms. The first-order valence-electron chi connectivity index (χ1n) is 7.29. The van der Waals surface area contributed by atoms with Gasteiger partial charge in [0, 0.05) is 17.6 Å². The monoisotopic (exact) mass is 280 g/mol. The second-order valence-electron chi connectivity index (χ2n) is 6.93. The highest BCUT2D eigenvalue weighted by Crippen LogP contribution is 2.53. The Labute approximate surface area is 117 Å². The highest BCUT2D eigenvalue weighted by Gasteiger charge is 2.63. The lowest BCUT2D eigenvalue weighted by Crippen LogP contribution is -2.33. The number of hydrogen-bond acceptors (Lipinski definition) is 5. The first-order valence-corrected chi connectivity index (χ1v) is 7.29. The summed E-state index contributed by atoms with van der Waals surface area (Å²) in [6.07, 6.45) is 1.27. The minimum Gasteiger partial charge on any atom is -0.454 e. The molecular weight excluding hydrogens is 260 g/mol. The number of carbonyl (C=O) groups excluding carboxylic acids is 1. The topological polar surface area (TPSA) is 71.6 Å². The number of aliphatic hydroxyl groups excluding tert-OH is 1. The van der Waals surface area contributed by atoms with Crippen LogP contribution in [0.1, 0.15) is 40.0 Å². The van der Waals surface area contributed by atoms with Crippen molar-refractivity contribution < 1.29 is 24.1 Å². The van der Waals surface area contributed by atoms with Crippen LogP contribution in [0.4, 0.5) is 0 Å². The zero-order valence-electron chi connectivity index (χ0n) is 12.0. The van der Waals surface area contributed by atoms with E-state index < -0.39 is 6.10 Å². The molecular formula is C15H20O5. The van der Waals surface area contributed by atoms with E-state index in [0.29, 0.717) is 17.6 Å². The molecule has 1 aliphatic carbocycles. The number of rotatable bonds is 0. The summed E-state index contributed by atoms with van der Waals surface area (Å²) in [6, 6.07) is 0. The summed E-state index contributed by atoms with van der Waals surface area (Å²) in [5.41, 5.74) is 0.689. The summed E-state index contributed by atoms with van der Waals surface area (Å²) >= 11 is 0. The Balaban J connectivity index is 1.71. The maximum Gasteiger partial charge on any atom is 0.334 e. The Morgan fingerprint density at radius 1 is 1.25 bits per heavy atom. The van der Waals surface area contributed by atoms with E-state index in [1.54, 1.807) is 6.92 Å². The van der Waals surface area contributed by atoms with Crippen LogP contribution in [0.3, 0.4) is 0 Å². The molecule has 3 heterocycles. The fraction of sp³-hybridized carbons (Fsp3) is 0.800. The van der Waals surface area contributed by atoms with Gasteiger partial charge in [0.25, 0.3) is 0 Å². The van der Waals surface area contributed by atoms with E-state index in [9.17, 15) is 9.90 Å². The molecule has 0 spiro atoms. The third-order valence-corrected chi connectivity index (χ3v) is 5.41. The molecule has 1 N–H and O–H groups in total. The highest BCUT2D eigenvalue weighted by atomic mass is 16.6. The van der Waals surface area contributed by atoms with E-state index in [-0.39, 0.29) is 35.5 Å². The fourth-order valence-corrected chi connectivity index (χ4v) is 3.84. The third-order valence-electron chi connectivity index (χ3n) is 5.41. The quantitative estimate of drug-likeness (QED) is 0.531. The van der Waals surface area contributed by atoms with Gasteiger partial charge in [0.05, 0.1) is 17.3 Å². The molecule has 4 aliphatic rings. The van der Waals surface area contributed by atoms with Crippen molar-refractivity contribution in [3.05, 3.63) is 11.1 Å². The van der Waals surface area contributed by atoms with Crippen molar-refractivity contribution in [2.24, 2.45) is 0 Å². The SMILES string of the molecule is CC1=C2[C@@H](O)[C@@H]3O[C@]3(C)CC[C@H]3O[C@@]3(C)C[C@H]2OC1=O. The van der Waals surface area contributed by atoms with Crippen molar-refractivity contribution >= 4 is 5.97 Å². The van der Waals surface area contributed by atoms with E-state index >= 15 is 0 Å². The van der Waals surface area contributed by atoms with Crippen LogP contribution in [0.5, 0.6) is 0 Å². The zero-order valence-corrected chi connectivity index (χ0v) is 12.0. The molecule has 2 saturated heterocycles. The zero-order chi connectivity index (χ0) is 14.3. The van der Waals surface area contributed by atoms with Crippen molar-refractivity contribution in [1.82, 2.24) is 0 Å². The molecule has 110 valence electrons. The van der Waals surface area contributed by atoms with Gasteiger partial charge in [0.15, 0.2) is 0 Å². The van der Waals surface area contributed by atoms with Gasteiger partial charge >= 0.3 is 5.97 Å². The summed E-state index contributed by atoms with van der Waals surface area (Å²) in [5.74, 6) is -0.327. The first kappa shape index (κ1) is 12.8. The van der Waals surface area contributed by atoms with Gasteiger partial charge in [0.1, 0.15) is 18.3 Å². The lowest BCUT2D eigenvalue weighted by molar-refractivity contribution is -0.140. The molecule has 0 radical (unpaired) electrons. The van der Waals surface area contributed by atoms with Crippen LogP contribution < -0.4 is 0 Å². The Morgan fingerprint density at radius 2 is 2.00 bits per heavy atom. The van der Waals surface area contributed by atoms with Gasteiger partial charge in [-0.1, -0.05) is 0 Å². The summed E-state index contributed by atoms with van der Waals surface area (Å²) in [5, 5.41) is 10.6. The number of ether oxygens (including phenoxy) is 3. The van der Waals surface area contributed by atoms with Crippen LogP contribution in [-0.4, -0.2) is 46.7 Å². The predicted octanol–water partition coefficient (Wildman–Crippen LogP) is 1.09. The number of fused-ring (bicyclic) bond motifs is 3. The summed E-state index contributed by atoms with van der Waals surface area (Å²) in [6.45, 7) is 5.79. The number of aliphatic hydroxyl groups is 1. The lowest BCUT2D eigenvalue weighted by atomic mass is 9.84. The van der Waals surface area contributed by atoms with Crippen LogP contribution in [0.2, 0.25) is 0 Å². The van der Waals surface area contributed by atoms with Crippen molar-refractivity contribution in [3.8, 4) is 0 Å². The first-order chi connectivity index (χ1) is 9.34. The van der Waals surface area contributed by atoms with Gasteiger partial charge in [-0.05, 0) is 33.6 Å². The normalized spacial score (nSPS) is 53.7. The standard InChI is InChI=1S/C15H20O5/c1-7-10-8(18-13(7)17)6-15(3)9(19-15)4-5-14(2)12(20-14)11(10)16/h8-9,11-12,16H,4-6H2,1-3H3/t8-,9-,11-,12+,14-,15+/m1/s1. The van der Waals surface area contributed by atoms with Gasteiger partial charge in [-0.2, -0.15) is 0 Å². The molecule has 0 amide bonds. The molecule has 1 saturated carbocycles. The highest BCUT2D eigenvalue weighted by molar-refractivity contribution is 5.92. The Morgan fingerprint density at radius 3 is 2.75 bits per heavy atom. The minimum absolute atomic E-state index is 0.209. The fourth-order valence-electron chi connectivity index (χ4n) is 3.84. The average Bonchev–Trinajstić information content (AvgIpc) is 3.19. The second kappa shape index (κ2) is 3.64. The molecule has 0 aromatic carbocycles. The third kappa shape index (κ3) is 1.63. The second-order valence-corrected chi connectivity index (χ2v) is 6.93. The van der Waals surface area contributed by atoms with Crippen molar-refractivity contribution in [2.45, 2.75) is 75.7 Å². The maximum absolute atomic E-state index is 11.8. The molecule has 0 aromatic rings. The van der Waals surface area contributed by atoms with Crippen LogP contribution >= 0.6 is 0 Å². The number of carbonyl (C=O) groups is 1. The predicted molar refractivity (Wildman–Crippen MR) is 69.0 cm³/mol. The minimum atomic E-state index is -0.754. The average molecular weight is 280 g/mol. The summed E-state index contributed by atoms with van der Waals surface area (Å²) in [7, 11) is 0. The molecule has 3 fully saturated rings. The number of epoxide rings is 2. The molecule has 20 heavy (non-hydrogen) atoms. The van der Waals surface area contributed by atoms with Crippen molar-refractivity contribution in [2.75, 3.05) is 0 Å². The van der Waals surface area contributed by atoms with E-state index in [2.05, 4.69) is 6.92 Å². The van der Waals surface area contributed by atoms with E-state index in [1.807, 2.05) is 6.92 Å². The molecule has 5 nitrogen and oxygen atoms in total. The smallest absolute Gasteiger partial charge is 0.334 e. The molecule has 0 unspecified atom stereocenters. The number of esters is 1. The van der Waals surface area contributed by atoms with Gasteiger partial charge < -0.3 is 19.3 Å². The molecule has 6 atom stereocenters. The molecule has 0 bridgehead atoms. The molecule has 3 aliphatic heterocycles. The summed E-state index contributed by atoms with van der Waals surface area (Å²) in [4.78, 5) is 11.8. The van der Waals surface area contributed by atoms with Gasteiger partial charge in [-0.25, -0.2) is 4.79 Å². The number of hydrogen-bond donors (Lipinski definition) is 1. The van der Waals surface area contributed by atoms with Gasteiger partial charge in [-0.3, -0.25) is 0 Å². The van der Waals surface area contributed by atoms with E-state index in [4.69, 9.17) is 14.2 Å². The van der Waals surface area contributed by atoms with Gasteiger partial charge in [-0.15, -0.1) is 0 Å². The van der Waals surface area contributed by atoms with E-state index in [0.717, 1.165) is 12.8 Å². The Hall–Kier alpha value is -0.910. The van der Waals surface area contributed by atoms with Crippen LogP contribution in [0.15, 0.2) is 11.1 Å². The largest absolute Gasteiger partial charge is 0.454 e. The maximum atomic E-state index is 11.8. The molecule has 0 aromatic heterocycles. The van der Waals surface area contributed by atoms with Crippen LogP contribution in [0.25, 0.3) is 0 Å². The summed E-state index contributed by atoms with van der Waals surface area (Å²) < 4.78 is 17.0. The van der Waals surface area contributed by atoms with Gasteiger partial charge in [0.2, 0.25) is 0 Å². The van der Waals surface area contributed by atoms with Crippen molar-refractivity contribution in [1.29, 1.82) is 0 Å². The van der Waals surface area contributed by atoms with Crippen LogP contribution in [-0.2, 0) is 19.0 Å². The van der Waals surface area contributed by atoms with E-state index in [1.165, 1.54) is 0 Å². The Kier molecular flexibility index (Phi) is 2.33. The lowest BCUT2D eigenvalue weighted by Gasteiger charge is -2.22. The van der Waals surface area contributed by atoms with Crippen molar-refractivity contribution in [3.63, 3.8) is 0 Å². The van der Waals surface area contributed by atoms with Crippen LogP contribution in [0, 0.1) is 0 Å². The Bertz CT molecular complexity index is 526.